The van der Waals surface area contributed by atoms with Crippen molar-refractivity contribution in [2.24, 2.45) is 4.99 Å². The van der Waals surface area contributed by atoms with Crippen LogP contribution in [0.3, 0.4) is 0 Å². The summed E-state index contributed by atoms with van der Waals surface area (Å²) < 4.78 is 5.97. The maximum Gasteiger partial charge on any atom is 0.270 e. The van der Waals surface area contributed by atoms with Crippen LogP contribution in [0.25, 0.3) is 16.6 Å². The summed E-state index contributed by atoms with van der Waals surface area (Å²) in [5.41, 5.74) is 3.76. The summed E-state index contributed by atoms with van der Waals surface area (Å²) in [6.45, 7) is 11.1. The lowest BCUT2D eigenvalue weighted by Crippen LogP contribution is -2.47. The Labute approximate surface area is 259 Å². The summed E-state index contributed by atoms with van der Waals surface area (Å²) >= 11 is 0. The van der Waals surface area contributed by atoms with Crippen molar-refractivity contribution < 1.29 is 14.3 Å². The van der Waals surface area contributed by atoms with Crippen LogP contribution < -0.4 is 10.1 Å². The lowest BCUT2D eigenvalue weighted by atomic mass is 10.2. The number of likely N-dealkylation sites (N-methyl/N-ethyl adjacent to an activating group) is 1. The van der Waals surface area contributed by atoms with E-state index in [4.69, 9.17) is 9.73 Å². The average Bonchev–Trinajstić information content (AvgIpc) is 3.65. The Bertz CT molecular complexity index is 1530. The average molecular weight is 598 g/mol. The minimum Gasteiger partial charge on any atom is -0.492 e. The van der Waals surface area contributed by atoms with Gasteiger partial charge in [-0.2, -0.15) is 0 Å². The fourth-order valence-corrected chi connectivity index (χ4v) is 5.45. The molecule has 4 heterocycles. The van der Waals surface area contributed by atoms with Gasteiger partial charge in [0.25, 0.3) is 5.91 Å². The van der Waals surface area contributed by atoms with Crippen LogP contribution in [-0.4, -0.2) is 95.2 Å². The first-order valence-corrected chi connectivity index (χ1v) is 15.6. The first-order chi connectivity index (χ1) is 21.4. The molecule has 232 valence electrons. The van der Waals surface area contributed by atoms with E-state index in [1.54, 1.807) is 12.3 Å². The maximum absolute atomic E-state index is 13.1. The third-order valence-corrected chi connectivity index (χ3v) is 8.02. The molecule has 2 amide bonds. The summed E-state index contributed by atoms with van der Waals surface area (Å²) in [5, 5.41) is 4.48. The summed E-state index contributed by atoms with van der Waals surface area (Å²) in [5.74, 6) is 1.72. The van der Waals surface area contributed by atoms with Gasteiger partial charge in [0, 0.05) is 74.4 Å². The third-order valence-electron chi connectivity index (χ3n) is 8.02. The Balaban J connectivity index is 1.31. The molecule has 0 bridgehead atoms. The van der Waals surface area contributed by atoms with Gasteiger partial charge >= 0.3 is 0 Å². The molecule has 10 nitrogen and oxygen atoms in total. The Morgan fingerprint density at radius 3 is 2.75 bits per heavy atom. The number of hydrogen-bond donors (Lipinski definition) is 2. The van der Waals surface area contributed by atoms with E-state index < -0.39 is 0 Å². The van der Waals surface area contributed by atoms with Crippen molar-refractivity contribution in [3.05, 3.63) is 72.7 Å². The molecule has 2 aromatic heterocycles. The summed E-state index contributed by atoms with van der Waals surface area (Å²) in [4.78, 5) is 43.9. The summed E-state index contributed by atoms with van der Waals surface area (Å²) in [6.07, 6.45) is 9.53. The SMILES string of the molecule is C=C/C=C(\N=C(CCCC)Nc1ccc2[nH]c(C(=O)N3CCN(C)CC3)cc2c1)c1cc(OCCN2CCCC2=O)ccn1. The van der Waals surface area contributed by atoms with Crippen molar-refractivity contribution in [1.82, 2.24) is 24.7 Å². The number of nitrogens with one attached hydrogen (secondary N) is 2. The molecule has 2 N–H and O–H groups in total. The number of aromatic nitrogens is 2. The van der Waals surface area contributed by atoms with Gasteiger partial charge < -0.3 is 29.7 Å². The number of benzene rings is 1. The highest BCUT2D eigenvalue weighted by Crippen LogP contribution is 2.24. The van der Waals surface area contributed by atoms with Crippen LogP contribution in [0.15, 0.2) is 66.3 Å². The quantitative estimate of drug-likeness (QED) is 0.169. The second kappa shape index (κ2) is 14.8. The van der Waals surface area contributed by atoms with E-state index in [1.165, 1.54) is 0 Å². The number of amides is 2. The molecule has 0 radical (unpaired) electrons. The molecule has 2 saturated heterocycles. The fourth-order valence-electron chi connectivity index (χ4n) is 5.45. The number of allylic oxidation sites excluding steroid dienone is 2. The van der Waals surface area contributed by atoms with E-state index in [-0.39, 0.29) is 11.8 Å². The van der Waals surface area contributed by atoms with Crippen LogP contribution in [0.1, 0.15) is 55.2 Å². The molecule has 3 aromatic rings. The van der Waals surface area contributed by atoms with Gasteiger partial charge in [0.1, 0.15) is 23.9 Å². The number of rotatable bonds is 12. The molecule has 0 aliphatic carbocycles. The van der Waals surface area contributed by atoms with Crippen LogP contribution in [0.4, 0.5) is 5.69 Å². The first-order valence-electron chi connectivity index (χ1n) is 15.6. The van der Waals surface area contributed by atoms with Crippen LogP contribution in [0, 0.1) is 0 Å². The fraction of sp³-hybridized carbons (Fsp3) is 0.412. The number of unbranched alkanes of at least 4 members (excludes halogenated alkanes) is 1. The topological polar surface area (TPSA) is 106 Å². The predicted octanol–water partition coefficient (Wildman–Crippen LogP) is 5.18. The lowest BCUT2D eigenvalue weighted by molar-refractivity contribution is -0.128. The molecule has 0 saturated carbocycles. The molecule has 2 aliphatic heterocycles. The number of carbonyl (C=O) groups excluding carboxylic acids is 2. The van der Waals surface area contributed by atoms with Gasteiger partial charge in [-0.1, -0.05) is 26.0 Å². The van der Waals surface area contributed by atoms with E-state index in [2.05, 4.69) is 40.7 Å². The number of likely N-dealkylation sites (tertiary alicyclic amines) is 1. The normalized spacial score (nSPS) is 16.5. The van der Waals surface area contributed by atoms with Crippen molar-refractivity contribution in [2.45, 2.75) is 39.0 Å². The third kappa shape index (κ3) is 7.93. The number of ether oxygens (including phenoxy) is 1. The van der Waals surface area contributed by atoms with Crippen LogP contribution in [0.2, 0.25) is 0 Å². The minimum atomic E-state index is 0.0384. The van der Waals surface area contributed by atoms with E-state index >= 15 is 0 Å². The summed E-state index contributed by atoms with van der Waals surface area (Å²) in [7, 11) is 2.08. The summed E-state index contributed by atoms with van der Waals surface area (Å²) in [6, 6.07) is 11.7. The zero-order chi connectivity index (χ0) is 30.9. The van der Waals surface area contributed by atoms with Crippen molar-refractivity contribution in [3.8, 4) is 5.75 Å². The van der Waals surface area contributed by atoms with Gasteiger partial charge in [0.2, 0.25) is 5.91 Å². The van der Waals surface area contributed by atoms with Crippen LogP contribution in [-0.2, 0) is 4.79 Å². The largest absolute Gasteiger partial charge is 0.492 e. The van der Waals surface area contributed by atoms with E-state index in [1.807, 2.05) is 52.3 Å². The highest BCUT2D eigenvalue weighted by atomic mass is 16.5. The predicted molar refractivity (Wildman–Crippen MR) is 176 cm³/mol. The van der Waals surface area contributed by atoms with Crippen molar-refractivity contribution in [1.29, 1.82) is 0 Å². The number of aliphatic imine (C=N–C) groups is 1. The van der Waals surface area contributed by atoms with Crippen LogP contribution >= 0.6 is 0 Å². The monoisotopic (exact) mass is 597 g/mol. The van der Waals surface area contributed by atoms with Crippen molar-refractivity contribution in [3.63, 3.8) is 0 Å². The number of carbonyl (C=O) groups is 2. The van der Waals surface area contributed by atoms with Gasteiger partial charge in [0.15, 0.2) is 0 Å². The zero-order valence-electron chi connectivity index (χ0n) is 25.8. The maximum atomic E-state index is 13.1. The Hall–Kier alpha value is -4.44. The number of hydrogen-bond acceptors (Lipinski definition) is 6. The molecule has 2 aliphatic rings. The molecular formula is C34H43N7O3. The van der Waals surface area contributed by atoms with E-state index in [0.29, 0.717) is 42.4 Å². The number of fused-ring (bicyclic) bond motifs is 1. The number of aromatic amines is 1. The molecular weight excluding hydrogens is 554 g/mol. The standard InChI is InChI=1S/C34H43N7O3/c1-4-6-9-32(36-26-11-12-28-25(22-26)23-31(37-28)34(43)41-18-16-39(3)17-19-41)38-29(8-5-2)30-24-27(13-14-35-30)44-21-20-40-15-7-10-33(40)42/h5,8,11-14,22-24,37H,2,4,6-7,9-10,15-21H2,1,3H3,(H,36,38)/b29-8-. The van der Waals surface area contributed by atoms with Crippen molar-refractivity contribution >= 4 is 39.9 Å². The van der Waals surface area contributed by atoms with Crippen molar-refractivity contribution in [2.75, 3.05) is 58.2 Å². The number of piperazine rings is 1. The molecule has 0 atom stereocenters. The molecule has 5 rings (SSSR count). The van der Waals surface area contributed by atoms with Gasteiger partial charge in [-0.3, -0.25) is 14.6 Å². The number of amidine groups is 1. The van der Waals surface area contributed by atoms with Gasteiger partial charge in [-0.05, 0) is 56.3 Å². The van der Waals surface area contributed by atoms with E-state index in [0.717, 1.165) is 80.8 Å². The molecule has 0 spiro atoms. The molecule has 2 fully saturated rings. The lowest BCUT2D eigenvalue weighted by Gasteiger charge is -2.32. The van der Waals surface area contributed by atoms with Gasteiger partial charge in [-0.15, -0.1) is 0 Å². The molecule has 0 unspecified atom stereocenters. The molecule has 10 heteroatoms. The second-order valence-electron chi connectivity index (χ2n) is 11.4. The molecule has 44 heavy (non-hydrogen) atoms. The number of H-pyrrole nitrogens is 1. The number of nitrogens with zero attached hydrogens (tertiary/aromatic N) is 5. The van der Waals surface area contributed by atoms with Gasteiger partial charge in [0.05, 0.1) is 17.9 Å². The van der Waals surface area contributed by atoms with E-state index in [9.17, 15) is 9.59 Å². The Morgan fingerprint density at radius 1 is 1.16 bits per heavy atom. The minimum absolute atomic E-state index is 0.0384. The molecule has 1 aromatic carbocycles. The van der Waals surface area contributed by atoms with Crippen LogP contribution in [0.5, 0.6) is 5.75 Å². The first kappa shape index (κ1) is 31.0. The smallest absolute Gasteiger partial charge is 0.270 e. The Kier molecular flexibility index (Phi) is 10.5. The highest BCUT2D eigenvalue weighted by molar-refractivity contribution is 6.02. The Morgan fingerprint density at radius 2 is 2.00 bits per heavy atom. The second-order valence-corrected chi connectivity index (χ2v) is 11.4. The highest BCUT2D eigenvalue weighted by Gasteiger charge is 2.22. The van der Waals surface area contributed by atoms with Gasteiger partial charge in [-0.25, -0.2) is 4.99 Å². The number of pyridine rings is 1. The number of anilines is 1. The zero-order valence-corrected chi connectivity index (χ0v) is 25.8.